The van der Waals surface area contributed by atoms with Crippen LogP contribution < -0.4 is 5.32 Å². The van der Waals surface area contributed by atoms with E-state index in [1.165, 1.54) is 32.1 Å². The summed E-state index contributed by atoms with van der Waals surface area (Å²) in [5.41, 5.74) is 0. The van der Waals surface area contributed by atoms with Crippen molar-refractivity contribution in [2.75, 3.05) is 13.2 Å². The van der Waals surface area contributed by atoms with Crippen LogP contribution >= 0.6 is 0 Å². The molecule has 2 nitrogen and oxygen atoms in total. The Balaban J connectivity index is 2.26. The van der Waals surface area contributed by atoms with E-state index in [1.807, 2.05) is 0 Å². The first kappa shape index (κ1) is 15.0. The average molecular weight is 241 g/mol. The minimum absolute atomic E-state index is 0.463. The second-order valence-corrected chi connectivity index (χ2v) is 6.35. The number of hydrogen-bond donors (Lipinski definition) is 1. The molecule has 1 unspecified atom stereocenters. The molecule has 1 fully saturated rings. The van der Waals surface area contributed by atoms with E-state index in [9.17, 15) is 0 Å². The Hall–Kier alpha value is -0.0800. The Morgan fingerprint density at radius 1 is 1.06 bits per heavy atom. The maximum atomic E-state index is 5.78. The van der Waals surface area contributed by atoms with E-state index in [4.69, 9.17) is 4.74 Å². The molecule has 0 aromatic carbocycles. The van der Waals surface area contributed by atoms with Gasteiger partial charge in [0.1, 0.15) is 0 Å². The largest absolute Gasteiger partial charge is 0.377 e. The van der Waals surface area contributed by atoms with Gasteiger partial charge in [0, 0.05) is 19.2 Å². The molecule has 1 aliphatic rings. The molecule has 0 radical (unpaired) electrons. The number of rotatable bonds is 7. The normalized spacial score (nSPS) is 21.7. The summed E-state index contributed by atoms with van der Waals surface area (Å²) < 4.78 is 5.78. The lowest BCUT2D eigenvalue weighted by atomic mass is 9.95. The summed E-state index contributed by atoms with van der Waals surface area (Å²) in [7, 11) is 0. The average Bonchev–Trinajstić information content (AvgIpc) is 2.26. The third-order valence-corrected chi connectivity index (χ3v) is 3.42. The van der Waals surface area contributed by atoms with E-state index >= 15 is 0 Å². The first-order valence-electron chi connectivity index (χ1n) is 7.43. The minimum Gasteiger partial charge on any atom is -0.377 e. The first-order valence-corrected chi connectivity index (χ1v) is 7.43. The third kappa shape index (κ3) is 7.05. The molecule has 0 spiro atoms. The van der Waals surface area contributed by atoms with Gasteiger partial charge in [0.05, 0.1) is 6.10 Å². The molecule has 1 heterocycles. The molecule has 1 rings (SSSR count). The standard InChI is InChI=1S/C15H31NO/c1-12(2)9-14(10-13(3)4)16-11-15-7-5-6-8-17-15/h12-16H,5-11H2,1-4H3. The van der Waals surface area contributed by atoms with Crippen LogP contribution in [0.2, 0.25) is 0 Å². The van der Waals surface area contributed by atoms with Gasteiger partial charge in [0.25, 0.3) is 0 Å². The van der Waals surface area contributed by atoms with Gasteiger partial charge >= 0.3 is 0 Å². The van der Waals surface area contributed by atoms with E-state index in [-0.39, 0.29) is 0 Å². The first-order chi connectivity index (χ1) is 8.08. The topological polar surface area (TPSA) is 21.3 Å². The lowest BCUT2D eigenvalue weighted by molar-refractivity contribution is 0.0146. The molecule has 0 saturated carbocycles. The molecule has 17 heavy (non-hydrogen) atoms. The molecule has 0 aliphatic carbocycles. The van der Waals surface area contributed by atoms with Crippen molar-refractivity contribution in [2.45, 2.75) is 71.9 Å². The highest BCUT2D eigenvalue weighted by atomic mass is 16.5. The van der Waals surface area contributed by atoms with Gasteiger partial charge in [-0.25, -0.2) is 0 Å². The van der Waals surface area contributed by atoms with Gasteiger partial charge in [-0.15, -0.1) is 0 Å². The van der Waals surface area contributed by atoms with E-state index in [0.717, 1.165) is 25.0 Å². The monoisotopic (exact) mass is 241 g/mol. The second-order valence-electron chi connectivity index (χ2n) is 6.35. The number of hydrogen-bond acceptors (Lipinski definition) is 2. The van der Waals surface area contributed by atoms with Gasteiger partial charge in [-0.3, -0.25) is 0 Å². The lowest BCUT2D eigenvalue weighted by Gasteiger charge is -2.27. The zero-order valence-electron chi connectivity index (χ0n) is 12.2. The number of ether oxygens (including phenoxy) is 1. The molecule has 0 aromatic heterocycles. The molecule has 1 saturated heterocycles. The highest BCUT2D eigenvalue weighted by Crippen LogP contribution is 2.15. The molecule has 102 valence electrons. The highest BCUT2D eigenvalue weighted by Gasteiger charge is 2.17. The fourth-order valence-corrected chi connectivity index (χ4v) is 2.67. The highest BCUT2D eigenvalue weighted by molar-refractivity contribution is 4.74. The summed E-state index contributed by atoms with van der Waals surface area (Å²) in [4.78, 5) is 0. The van der Waals surface area contributed by atoms with Crippen LogP contribution in [0.5, 0.6) is 0 Å². The molecule has 1 aliphatic heterocycles. The molecule has 0 amide bonds. The molecular weight excluding hydrogens is 210 g/mol. The van der Waals surface area contributed by atoms with Crippen LogP contribution in [0.4, 0.5) is 0 Å². The van der Waals surface area contributed by atoms with Crippen LogP contribution in [0.3, 0.4) is 0 Å². The summed E-state index contributed by atoms with van der Waals surface area (Å²) >= 11 is 0. The summed E-state index contributed by atoms with van der Waals surface area (Å²) in [6.07, 6.45) is 6.85. The van der Waals surface area contributed by atoms with Crippen molar-refractivity contribution in [1.29, 1.82) is 0 Å². The molecule has 0 bridgehead atoms. The van der Waals surface area contributed by atoms with Crippen molar-refractivity contribution < 1.29 is 4.74 Å². The predicted octanol–water partition coefficient (Wildman–Crippen LogP) is 3.61. The van der Waals surface area contributed by atoms with Gasteiger partial charge in [0.2, 0.25) is 0 Å². The fraction of sp³-hybridized carbons (Fsp3) is 1.00. The van der Waals surface area contributed by atoms with Crippen LogP contribution in [0.25, 0.3) is 0 Å². The smallest absolute Gasteiger partial charge is 0.0699 e. The summed E-state index contributed by atoms with van der Waals surface area (Å²) in [5, 5.41) is 3.73. The molecule has 1 atom stereocenters. The van der Waals surface area contributed by atoms with Gasteiger partial charge < -0.3 is 10.1 Å². The Kier molecular flexibility index (Phi) is 7.14. The van der Waals surface area contributed by atoms with Crippen LogP contribution in [0, 0.1) is 11.8 Å². The Bertz CT molecular complexity index is 175. The summed E-state index contributed by atoms with van der Waals surface area (Å²) in [6.45, 7) is 11.3. The van der Waals surface area contributed by atoms with Crippen LogP contribution in [0.1, 0.15) is 59.8 Å². The van der Waals surface area contributed by atoms with Crippen LogP contribution in [-0.2, 0) is 4.74 Å². The SMILES string of the molecule is CC(C)CC(CC(C)C)NCC1CCCCO1. The number of nitrogens with one attached hydrogen (secondary N) is 1. The molecular formula is C15H31NO. The molecule has 1 N–H and O–H groups in total. The second kappa shape index (κ2) is 8.10. The maximum absolute atomic E-state index is 5.78. The Labute approximate surface area is 108 Å². The van der Waals surface area contributed by atoms with E-state index in [2.05, 4.69) is 33.0 Å². The minimum atomic E-state index is 0.463. The van der Waals surface area contributed by atoms with Crippen molar-refractivity contribution in [1.82, 2.24) is 5.32 Å². The van der Waals surface area contributed by atoms with Gasteiger partial charge in [0.15, 0.2) is 0 Å². The van der Waals surface area contributed by atoms with E-state index < -0.39 is 0 Å². The zero-order valence-corrected chi connectivity index (χ0v) is 12.2. The van der Waals surface area contributed by atoms with Crippen molar-refractivity contribution in [3.8, 4) is 0 Å². The molecule has 2 heteroatoms. The van der Waals surface area contributed by atoms with Crippen LogP contribution in [-0.4, -0.2) is 25.3 Å². The van der Waals surface area contributed by atoms with E-state index in [1.54, 1.807) is 0 Å². The quantitative estimate of drug-likeness (QED) is 0.735. The third-order valence-electron chi connectivity index (χ3n) is 3.42. The van der Waals surface area contributed by atoms with Gasteiger partial charge in [-0.05, 0) is 43.9 Å². The van der Waals surface area contributed by atoms with Gasteiger partial charge in [-0.1, -0.05) is 27.7 Å². The Morgan fingerprint density at radius 2 is 1.71 bits per heavy atom. The summed E-state index contributed by atoms with van der Waals surface area (Å²) in [5.74, 6) is 1.55. The maximum Gasteiger partial charge on any atom is 0.0699 e. The van der Waals surface area contributed by atoms with Crippen molar-refractivity contribution in [3.63, 3.8) is 0 Å². The molecule has 0 aromatic rings. The zero-order chi connectivity index (χ0) is 12.7. The van der Waals surface area contributed by atoms with Crippen molar-refractivity contribution in [3.05, 3.63) is 0 Å². The Morgan fingerprint density at radius 3 is 2.18 bits per heavy atom. The van der Waals surface area contributed by atoms with Crippen molar-refractivity contribution in [2.24, 2.45) is 11.8 Å². The van der Waals surface area contributed by atoms with Gasteiger partial charge in [-0.2, -0.15) is 0 Å². The lowest BCUT2D eigenvalue weighted by Crippen LogP contribution is -2.39. The summed E-state index contributed by atoms with van der Waals surface area (Å²) in [6, 6.07) is 0.667. The van der Waals surface area contributed by atoms with Crippen LogP contribution in [0.15, 0.2) is 0 Å². The predicted molar refractivity (Wildman–Crippen MR) is 74.3 cm³/mol. The van der Waals surface area contributed by atoms with Crippen molar-refractivity contribution >= 4 is 0 Å². The van der Waals surface area contributed by atoms with E-state index in [0.29, 0.717) is 12.1 Å². The fourth-order valence-electron chi connectivity index (χ4n) is 2.67.